The fourth-order valence-corrected chi connectivity index (χ4v) is 5.61. The van der Waals surface area contributed by atoms with Crippen molar-refractivity contribution in [3.8, 4) is 0 Å². The van der Waals surface area contributed by atoms with Gasteiger partial charge in [-0.15, -0.1) is 0 Å². The molecule has 2 rings (SSSR count). The van der Waals surface area contributed by atoms with Gasteiger partial charge < -0.3 is 19.7 Å². The van der Waals surface area contributed by atoms with E-state index in [2.05, 4.69) is 13.8 Å². The largest absolute Gasteiger partial charge is 0.469 e. The van der Waals surface area contributed by atoms with Crippen LogP contribution in [0, 0.1) is 23.7 Å². The minimum atomic E-state index is -0.203. The Morgan fingerprint density at radius 3 is 1.58 bits per heavy atom. The number of methoxy groups -OCH3 is 1. The Bertz CT molecular complexity index is 537. The van der Waals surface area contributed by atoms with Gasteiger partial charge in [0, 0.05) is 12.8 Å². The molecule has 2 fully saturated rings. The van der Waals surface area contributed by atoms with Crippen LogP contribution in [0.15, 0.2) is 0 Å². The van der Waals surface area contributed by atoms with Gasteiger partial charge in [-0.05, 0) is 69.1 Å². The predicted molar refractivity (Wildman–Crippen MR) is 131 cm³/mol. The van der Waals surface area contributed by atoms with Gasteiger partial charge in [0.05, 0.1) is 25.9 Å². The van der Waals surface area contributed by atoms with Crippen LogP contribution in [0.2, 0.25) is 0 Å². The van der Waals surface area contributed by atoms with Gasteiger partial charge >= 0.3 is 11.9 Å². The molecule has 194 valence electrons. The molecule has 0 heterocycles. The number of carbonyl (C=O) groups excluding carboxylic acids is 2. The molecule has 6 nitrogen and oxygen atoms in total. The maximum Gasteiger partial charge on any atom is 0.306 e. The number of hydrogen-bond donors (Lipinski definition) is 2. The summed E-state index contributed by atoms with van der Waals surface area (Å²) >= 11 is 0. The number of carbonyl (C=O) groups is 2. The molecule has 0 radical (unpaired) electrons. The number of hydrogen-bond acceptors (Lipinski definition) is 6. The number of unbranched alkanes of at least 4 members (excludes halogenated alkanes) is 4. The molecule has 2 saturated carbocycles. The molecule has 6 atom stereocenters. The summed E-state index contributed by atoms with van der Waals surface area (Å²) in [5, 5.41) is 19.8. The highest BCUT2D eigenvalue weighted by Crippen LogP contribution is 2.39. The van der Waals surface area contributed by atoms with Gasteiger partial charge in [-0.25, -0.2) is 0 Å². The zero-order valence-corrected chi connectivity index (χ0v) is 21.6. The maximum absolute atomic E-state index is 11.5. The van der Waals surface area contributed by atoms with Crippen molar-refractivity contribution >= 4 is 11.9 Å². The van der Waals surface area contributed by atoms with Crippen molar-refractivity contribution in [2.45, 2.75) is 123 Å². The van der Waals surface area contributed by atoms with Gasteiger partial charge in [-0.2, -0.15) is 0 Å². The van der Waals surface area contributed by atoms with E-state index in [9.17, 15) is 19.8 Å². The van der Waals surface area contributed by atoms with E-state index < -0.39 is 0 Å². The average Bonchev–Trinajstić information content (AvgIpc) is 3.31. The number of aliphatic hydroxyl groups excluding tert-OH is 2. The lowest BCUT2D eigenvalue weighted by Gasteiger charge is -2.21. The topological polar surface area (TPSA) is 93.1 Å². The summed E-state index contributed by atoms with van der Waals surface area (Å²) in [4.78, 5) is 22.7. The van der Waals surface area contributed by atoms with Crippen LogP contribution in [0.3, 0.4) is 0 Å². The van der Waals surface area contributed by atoms with Gasteiger partial charge in [0.1, 0.15) is 0 Å². The van der Waals surface area contributed by atoms with E-state index in [-0.39, 0.29) is 24.1 Å². The first kappa shape index (κ1) is 29.9. The van der Waals surface area contributed by atoms with E-state index in [1.54, 1.807) is 0 Å². The average molecular weight is 471 g/mol. The third-order valence-corrected chi connectivity index (χ3v) is 7.54. The van der Waals surface area contributed by atoms with Crippen molar-refractivity contribution in [3.63, 3.8) is 0 Å². The Morgan fingerprint density at radius 2 is 1.18 bits per heavy atom. The Kier molecular flexibility index (Phi) is 15.7. The van der Waals surface area contributed by atoms with Gasteiger partial charge in [0.25, 0.3) is 0 Å². The molecular formula is C27H50O6. The first-order valence-corrected chi connectivity index (χ1v) is 13.5. The highest BCUT2D eigenvalue weighted by Gasteiger charge is 2.36. The fraction of sp³-hybridized carbons (Fsp3) is 0.926. The van der Waals surface area contributed by atoms with E-state index in [0.717, 1.165) is 51.4 Å². The molecule has 0 aliphatic heterocycles. The number of ether oxygens (including phenoxy) is 2. The molecule has 0 spiro atoms. The molecular weight excluding hydrogens is 420 g/mol. The first-order chi connectivity index (χ1) is 15.9. The summed E-state index contributed by atoms with van der Waals surface area (Å²) in [6.45, 7) is 6.65. The van der Waals surface area contributed by atoms with Gasteiger partial charge in [0.15, 0.2) is 0 Å². The number of esters is 2. The smallest absolute Gasteiger partial charge is 0.306 e. The molecule has 0 aromatic heterocycles. The highest BCUT2D eigenvalue weighted by atomic mass is 16.5. The summed E-state index contributed by atoms with van der Waals surface area (Å²) in [5.74, 6) is 1.04. The summed E-state index contributed by atoms with van der Waals surface area (Å²) in [6, 6.07) is 0. The Hall–Kier alpha value is -1.14. The summed E-state index contributed by atoms with van der Waals surface area (Å²) in [7, 11) is 1.43. The second-order valence-electron chi connectivity index (χ2n) is 9.92. The van der Waals surface area contributed by atoms with Crippen LogP contribution in [-0.4, -0.2) is 48.1 Å². The Labute approximate surface area is 201 Å². The molecule has 6 heteroatoms. The standard InChI is InChI=1S/C14H26O3.C13H24O3/c1-3-5-6-7-12-11(8-9-13(12)15)10-14(16)17-4-2;1-3-4-5-6-11-10(7-8-12(11)14)9-13(15)16-2/h11-13,15H,3-10H2,1-2H3;10-12,14H,3-9H2,1-2H3. The van der Waals surface area contributed by atoms with Crippen LogP contribution in [-0.2, 0) is 19.1 Å². The molecule has 2 aliphatic rings. The van der Waals surface area contributed by atoms with Gasteiger partial charge in [0.2, 0.25) is 0 Å². The zero-order valence-electron chi connectivity index (χ0n) is 21.6. The first-order valence-electron chi connectivity index (χ1n) is 13.5. The Morgan fingerprint density at radius 1 is 0.727 bits per heavy atom. The number of aliphatic hydroxyl groups is 2. The second-order valence-corrected chi connectivity index (χ2v) is 9.92. The van der Waals surface area contributed by atoms with Crippen LogP contribution >= 0.6 is 0 Å². The van der Waals surface area contributed by atoms with Crippen LogP contribution in [0.4, 0.5) is 0 Å². The minimum Gasteiger partial charge on any atom is -0.469 e. The molecule has 33 heavy (non-hydrogen) atoms. The molecule has 2 N–H and O–H groups in total. The zero-order chi connectivity index (χ0) is 24.6. The molecule has 0 bridgehead atoms. The lowest BCUT2D eigenvalue weighted by Crippen LogP contribution is -2.22. The summed E-state index contributed by atoms with van der Waals surface area (Å²) < 4.78 is 9.69. The summed E-state index contributed by atoms with van der Waals surface area (Å²) in [5.41, 5.74) is 0. The quantitative estimate of drug-likeness (QED) is 0.276. The molecule has 0 amide bonds. The molecule has 6 unspecified atom stereocenters. The van der Waals surface area contributed by atoms with E-state index in [1.807, 2.05) is 6.92 Å². The predicted octanol–water partition coefficient (Wildman–Crippen LogP) is 5.42. The van der Waals surface area contributed by atoms with Crippen molar-refractivity contribution in [2.24, 2.45) is 23.7 Å². The van der Waals surface area contributed by atoms with Crippen LogP contribution in [0.25, 0.3) is 0 Å². The minimum absolute atomic E-state index is 0.105. The highest BCUT2D eigenvalue weighted by molar-refractivity contribution is 5.70. The van der Waals surface area contributed by atoms with Crippen molar-refractivity contribution in [1.29, 1.82) is 0 Å². The molecule has 0 aromatic carbocycles. The van der Waals surface area contributed by atoms with Crippen LogP contribution in [0.1, 0.15) is 111 Å². The number of rotatable bonds is 13. The fourth-order valence-electron chi connectivity index (χ4n) is 5.61. The Balaban J connectivity index is 0.000000331. The van der Waals surface area contributed by atoms with Crippen LogP contribution in [0.5, 0.6) is 0 Å². The van der Waals surface area contributed by atoms with E-state index in [1.165, 1.54) is 32.8 Å². The third kappa shape index (κ3) is 11.2. The normalized spacial score (nSPS) is 28.8. The summed E-state index contributed by atoms with van der Waals surface area (Å²) in [6.07, 6.45) is 13.5. The van der Waals surface area contributed by atoms with E-state index in [4.69, 9.17) is 9.47 Å². The van der Waals surface area contributed by atoms with E-state index in [0.29, 0.717) is 43.1 Å². The van der Waals surface area contributed by atoms with Crippen molar-refractivity contribution < 1.29 is 29.3 Å². The lowest BCUT2D eigenvalue weighted by molar-refractivity contribution is -0.145. The lowest BCUT2D eigenvalue weighted by atomic mass is 9.87. The second kappa shape index (κ2) is 17.3. The maximum atomic E-state index is 11.5. The molecule has 2 aliphatic carbocycles. The van der Waals surface area contributed by atoms with Crippen molar-refractivity contribution in [3.05, 3.63) is 0 Å². The van der Waals surface area contributed by atoms with Crippen molar-refractivity contribution in [1.82, 2.24) is 0 Å². The van der Waals surface area contributed by atoms with Crippen LogP contribution < -0.4 is 0 Å². The van der Waals surface area contributed by atoms with Crippen molar-refractivity contribution in [2.75, 3.05) is 13.7 Å². The van der Waals surface area contributed by atoms with Gasteiger partial charge in [-0.3, -0.25) is 9.59 Å². The monoisotopic (exact) mass is 470 g/mol. The SMILES string of the molecule is CCCCCC1C(O)CCC1CC(=O)OC.CCCCCC1C(O)CCC1CC(=O)OCC. The molecule has 0 saturated heterocycles. The van der Waals surface area contributed by atoms with Gasteiger partial charge in [-0.1, -0.05) is 52.4 Å². The molecule has 0 aromatic rings. The van der Waals surface area contributed by atoms with E-state index >= 15 is 0 Å². The third-order valence-electron chi connectivity index (χ3n) is 7.54.